The molecule has 0 fully saturated rings. The van der Waals surface area contributed by atoms with Crippen LogP contribution in [0.15, 0.2) is 54.7 Å². The van der Waals surface area contributed by atoms with E-state index in [-0.39, 0.29) is 5.78 Å². The number of nitrogens with zero attached hydrogens (tertiary/aromatic N) is 1. The van der Waals surface area contributed by atoms with Crippen molar-refractivity contribution in [1.29, 1.82) is 0 Å². The Morgan fingerprint density at radius 2 is 1.94 bits per heavy atom. The normalized spacial score (nSPS) is 10.5. The molecule has 18 heavy (non-hydrogen) atoms. The minimum absolute atomic E-state index is 0.0525. The first kappa shape index (κ1) is 12.0. The van der Waals surface area contributed by atoms with Crippen LogP contribution < -0.4 is 4.74 Å². The molecule has 1 aromatic carbocycles. The molecule has 0 aliphatic carbocycles. The van der Waals surface area contributed by atoms with Crippen LogP contribution in [0.5, 0.6) is 5.75 Å². The van der Waals surface area contributed by atoms with Crippen molar-refractivity contribution in [2.24, 2.45) is 0 Å². The summed E-state index contributed by atoms with van der Waals surface area (Å²) in [6.07, 6.45) is 4.82. The molecule has 0 radical (unpaired) electrons. The SMILES string of the molecule is COc1cccnc1C=CC(=O)c1ccccc1. The van der Waals surface area contributed by atoms with E-state index in [1.807, 2.05) is 18.2 Å². The van der Waals surface area contributed by atoms with E-state index in [0.29, 0.717) is 17.0 Å². The zero-order chi connectivity index (χ0) is 12.8. The van der Waals surface area contributed by atoms with Gasteiger partial charge in [-0.2, -0.15) is 0 Å². The Bertz CT molecular complexity index is 562. The molecule has 1 heterocycles. The summed E-state index contributed by atoms with van der Waals surface area (Å²) >= 11 is 0. The van der Waals surface area contributed by atoms with Gasteiger partial charge in [-0.05, 0) is 24.3 Å². The molecule has 0 unspecified atom stereocenters. The second-order valence-corrected chi connectivity index (χ2v) is 3.65. The smallest absolute Gasteiger partial charge is 0.185 e. The van der Waals surface area contributed by atoms with Gasteiger partial charge in [0.05, 0.1) is 7.11 Å². The molecule has 0 spiro atoms. The number of rotatable bonds is 4. The molecule has 2 rings (SSSR count). The molecule has 0 saturated carbocycles. The highest BCUT2D eigenvalue weighted by molar-refractivity contribution is 6.06. The second kappa shape index (κ2) is 5.77. The van der Waals surface area contributed by atoms with Gasteiger partial charge in [-0.1, -0.05) is 30.3 Å². The van der Waals surface area contributed by atoms with Gasteiger partial charge in [0.15, 0.2) is 5.78 Å². The maximum atomic E-state index is 11.9. The number of hydrogen-bond donors (Lipinski definition) is 0. The van der Waals surface area contributed by atoms with Gasteiger partial charge in [0.25, 0.3) is 0 Å². The van der Waals surface area contributed by atoms with E-state index in [1.165, 1.54) is 6.08 Å². The predicted molar refractivity (Wildman–Crippen MR) is 70.6 cm³/mol. The third kappa shape index (κ3) is 2.83. The second-order valence-electron chi connectivity index (χ2n) is 3.65. The number of hydrogen-bond acceptors (Lipinski definition) is 3. The van der Waals surface area contributed by atoms with Crippen molar-refractivity contribution in [3.05, 3.63) is 66.0 Å². The Morgan fingerprint density at radius 1 is 1.17 bits per heavy atom. The summed E-state index contributed by atoms with van der Waals surface area (Å²) in [6.45, 7) is 0. The van der Waals surface area contributed by atoms with Crippen LogP contribution in [0.2, 0.25) is 0 Å². The van der Waals surface area contributed by atoms with Gasteiger partial charge >= 0.3 is 0 Å². The number of ether oxygens (including phenoxy) is 1. The minimum Gasteiger partial charge on any atom is -0.494 e. The van der Waals surface area contributed by atoms with E-state index in [0.717, 1.165) is 0 Å². The van der Waals surface area contributed by atoms with E-state index in [1.54, 1.807) is 43.6 Å². The first-order valence-corrected chi connectivity index (χ1v) is 5.58. The zero-order valence-electron chi connectivity index (χ0n) is 10.0. The number of benzene rings is 1. The molecule has 0 aliphatic rings. The molecule has 0 saturated heterocycles. The van der Waals surface area contributed by atoms with Crippen molar-refractivity contribution >= 4 is 11.9 Å². The largest absolute Gasteiger partial charge is 0.494 e. The van der Waals surface area contributed by atoms with Gasteiger partial charge in [-0.3, -0.25) is 9.78 Å². The van der Waals surface area contributed by atoms with Crippen molar-refractivity contribution in [3.63, 3.8) is 0 Å². The molecule has 2 aromatic rings. The number of methoxy groups -OCH3 is 1. The van der Waals surface area contributed by atoms with Crippen molar-refractivity contribution in [2.45, 2.75) is 0 Å². The van der Waals surface area contributed by atoms with Crippen LogP contribution in [0.3, 0.4) is 0 Å². The first-order valence-electron chi connectivity index (χ1n) is 5.58. The number of aromatic nitrogens is 1. The van der Waals surface area contributed by atoms with Crippen LogP contribution in [0.4, 0.5) is 0 Å². The average molecular weight is 239 g/mol. The van der Waals surface area contributed by atoms with Crippen molar-refractivity contribution < 1.29 is 9.53 Å². The average Bonchev–Trinajstić information content (AvgIpc) is 2.46. The lowest BCUT2D eigenvalue weighted by atomic mass is 10.1. The zero-order valence-corrected chi connectivity index (χ0v) is 10.0. The molecule has 1 aromatic heterocycles. The van der Waals surface area contributed by atoms with Crippen LogP contribution in [-0.4, -0.2) is 17.9 Å². The number of pyridine rings is 1. The van der Waals surface area contributed by atoms with Crippen molar-refractivity contribution in [1.82, 2.24) is 4.98 Å². The van der Waals surface area contributed by atoms with Gasteiger partial charge in [0.1, 0.15) is 11.4 Å². The fourth-order valence-electron chi connectivity index (χ4n) is 1.55. The number of allylic oxidation sites excluding steroid dienone is 1. The molecule has 0 aliphatic heterocycles. The summed E-state index contributed by atoms with van der Waals surface area (Å²) in [5.41, 5.74) is 1.30. The summed E-state index contributed by atoms with van der Waals surface area (Å²) in [5, 5.41) is 0. The topological polar surface area (TPSA) is 39.2 Å². The lowest BCUT2D eigenvalue weighted by molar-refractivity contribution is 0.104. The third-order valence-corrected chi connectivity index (χ3v) is 2.47. The third-order valence-electron chi connectivity index (χ3n) is 2.47. The van der Waals surface area contributed by atoms with E-state index in [2.05, 4.69) is 4.98 Å². The highest BCUT2D eigenvalue weighted by Gasteiger charge is 2.02. The van der Waals surface area contributed by atoms with E-state index in [4.69, 9.17) is 4.74 Å². The number of carbonyl (C=O) groups is 1. The van der Waals surface area contributed by atoms with Gasteiger partial charge in [0.2, 0.25) is 0 Å². The van der Waals surface area contributed by atoms with Crippen LogP contribution in [-0.2, 0) is 0 Å². The monoisotopic (exact) mass is 239 g/mol. The van der Waals surface area contributed by atoms with Crippen molar-refractivity contribution in [2.75, 3.05) is 7.11 Å². The molecule has 0 amide bonds. The Balaban J connectivity index is 2.19. The minimum atomic E-state index is -0.0525. The summed E-state index contributed by atoms with van der Waals surface area (Å²) < 4.78 is 5.16. The molecule has 3 nitrogen and oxygen atoms in total. The maximum Gasteiger partial charge on any atom is 0.185 e. The van der Waals surface area contributed by atoms with E-state index < -0.39 is 0 Å². The molecule has 0 bridgehead atoms. The summed E-state index contributed by atoms with van der Waals surface area (Å²) in [5.74, 6) is 0.595. The van der Waals surface area contributed by atoms with Crippen LogP contribution in [0.25, 0.3) is 6.08 Å². The summed E-state index contributed by atoms with van der Waals surface area (Å²) in [6, 6.07) is 12.7. The lowest BCUT2D eigenvalue weighted by Crippen LogP contribution is -1.94. The molecule has 90 valence electrons. The van der Waals surface area contributed by atoms with Crippen molar-refractivity contribution in [3.8, 4) is 5.75 Å². The Labute approximate surface area is 106 Å². The Morgan fingerprint density at radius 3 is 2.67 bits per heavy atom. The molecule has 0 atom stereocenters. The Hall–Kier alpha value is -2.42. The summed E-state index contributed by atoms with van der Waals surface area (Å²) in [4.78, 5) is 16.0. The van der Waals surface area contributed by atoms with E-state index in [9.17, 15) is 4.79 Å². The predicted octanol–water partition coefficient (Wildman–Crippen LogP) is 2.99. The standard InChI is InChI=1S/C15H13NO2/c1-18-15-8-5-11-16-13(15)9-10-14(17)12-6-3-2-4-7-12/h2-11H,1H3. The maximum absolute atomic E-state index is 11.9. The van der Waals surface area contributed by atoms with Crippen LogP contribution in [0.1, 0.15) is 16.1 Å². The fourth-order valence-corrected chi connectivity index (χ4v) is 1.55. The molecule has 3 heteroatoms. The lowest BCUT2D eigenvalue weighted by Gasteiger charge is -2.02. The van der Waals surface area contributed by atoms with Gasteiger partial charge < -0.3 is 4.74 Å². The van der Waals surface area contributed by atoms with Gasteiger partial charge in [-0.25, -0.2) is 0 Å². The number of carbonyl (C=O) groups excluding carboxylic acids is 1. The molecule has 0 N–H and O–H groups in total. The number of ketones is 1. The Kier molecular flexibility index (Phi) is 3.86. The highest BCUT2D eigenvalue weighted by Crippen LogP contribution is 2.16. The van der Waals surface area contributed by atoms with Crippen LogP contribution >= 0.6 is 0 Å². The van der Waals surface area contributed by atoms with Crippen LogP contribution in [0, 0.1) is 0 Å². The highest BCUT2D eigenvalue weighted by atomic mass is 16.5. The first-order chi connectivity index (χ1) is 8.81. The van der Waals surface area contributed by atoms with E-state index >= 15 is 0 Å². The fraction of sp³-hybridized carbons (Fsp3) is 0.0667. The van der Waals surface area contributed by atoms with Gasteiger partial charge in [0, 0.05) is 11.8 Å². The quantitative estimate of drug-likeness (QED) is 0.608. The van der Waals surface area contributed by atoms with Gasteiger partial charge in [-0.15, -0.1) is 0 Å². The summed E-state index contributed by atoms with van der Waals surface area (Å²) in [7, 11) is 1.58. The molecular weight excluding hydrogens is 226 g/mol. The molecular formula is C15H13NO2.